The minimum atomic E-state index is 0.0344. The van der Waals surface area contributed by atoms with Crippen LogP contribution in [-0.4, -0.2) is 57.3 Å². The number of imidazole rings is 1. The summed E-state index contributed by atoms with van der Waals surface area (Å²) in [7, 11) is 0. The van der Waals surface area contributed by atoms with Gasteiger partial charge in [-0.3, -0.25) is 9.59 Å². The molecule has 6 heteroatoms. The van der Waals surface area contributed by atoms with E-state index in [0.717, 1.165) is 31.5 Å². The van der Waals surface area contributed by atoms with Crippen molar-refractivity contribution < 1.29 is 9.59 Å². The molecule has 1 aromatic heterocycles. The Morgan fingerprint density at radius 2 is 2.00 bits per heavy atom. The van der Waals surface area contributed by atoms with Crippen molar-refractivity contribution >= 4 is 11.8 Å². The Hall–Kier alpha value is -2.63. The average molecular weight is 338 g/mol. The molecule has 0 aliphatic carbocycles. The molecule has 4 heterocycles. The summed E-state index contributed by atoms with van der Waals surface area (Å²) in [6.45, 7) is 3.73. The minimum absolute atomic E-state index is 0.0344. The van der Waals surface area contributed by atoms with Gasteiger partial charge in [0, 0.05) is 50.6 Å². The van der Waals surface area contributed by atoms with Crippen LogP contribution >= 0.6 is 0 Å². The first-order valence-corrected chi connectivity index (χ1v) is 8.78. The van der Waals surface area contributed by atoms with Gasteiger partial charge in [-0.15, -0.1) is 0 Å². The number of fused-ring (bicyclic) bond motifs is 4. The third-order valence-electron chi connectivity index (χ3n) is 5.33. The number of rotatable bonds is 2. The first kappa shape index (κ1) is 15.9. The predicted octanol–water partition coefficient (Wildman–Crippen LogP) is 2.16. The molecule has 3 fully saturated rings. The second kappa shape index (κ2) is 6.35. The van der Waals surface area contributed by atoms with Gasteiger partial charge in [0.05, 0.1) is 5.56 Å². The second-order valence-electron chi connectivity index (χ2n) is 6.96. The van der Waals surface area contributed by atoms with E-state index >= 15 is 0 Å². The summed E-state index contributed by atoms with van der Waals surface area (Å²) < 4.78 is 0. The highest BCUT2D eigenvalue weighted by atomic mass is 16.2. The molecule has 0 spiro atoms. The highest BCUT2D eigenvalue weighted by Crippen LogP contribution is 2.31. The quantitative estimate of drug-likeness (QED) is 0.912. The molecule has 3 aliphatic heterocycles. The van der Waals surface area contributed by atoms with Crippen LogP contribution in [0.1, 0.15) is 30.1 Å². The van der Waals surface area contributed by atoms with Crippen molar-refractivity contribution in [2.45, 2.75) is 25.8 Å². The van der Waals surface area contributed by atoms with Crippen LogP contribution in [0.5, 0.6) is 0 Å². The van der Waals surface area contributed by atoms with E-state index in [-0.39, 0.29) is 17.9 Å². The molecule has 2 aromatic rings. The summed E-state index contributed by atoms with van der Waals surface area (Å²) in [5, 5.41) is 0. The smallest absolute Gasteiger partial charge is 0.254 e. The van der Waals surface area contributed by atoms with Crippen LogP contribution in [0.15, 0.2) is 36.7 Å². The second-order valence-corrected chi connectivity index (χ2v) is 6.96. The van der Waals surface area contributed by atoms with Gasteiger partial charge < -0.3 is 14.8 Å². The Balaban J connectivity index is 1.65. The lowest BCUT2D eigenvalue weighted by atomic mass is 9.93. The van der Waals surface area contributed by atoms with Crippen molar-refractivity contribution in [1.82, 2.24) is 19.8 Å². The van der Waals surface area contributed by atoms with Gasteiger partial charge in [-0.05, 0) is 24.8 Å². The molecule has 1 aromatic carbocycles. The molecule has 0 unspecified atom stereocenters. The number of amides is 2. The van der Waals surface area contributed by atoms with Crippen molar-refractivity contribution in [3.8, 4) is 11.4 Å². The van der Waals surface area contributed by atoms with E-state index in [9.17, 15) is 9.59 Å². The average Bonchev–Trinajstić information content (AvgIpc) is 3.00. The molecule has 5 rings (SSSR count). The standard InChI is InChI=1S/C19H22N4O2/c1-13(24)22-10-14-6-7-15(12-22)23(11-14)19(25)17-5-3-2-4-16(17)18-20-8-9-21-18/h2-5,8-9,14-15H,6-7,10-12H2,1H3,(H,20,21)/t14-,15+/m0/s1. The van der Waals surface area contributed by atoms with Crippen molar-refractivity contribution in [1.29, 1.82) is 0 Å². The maximum atomic E-state index is 13.3. The molecule has 2 amide bonds. The molecule has 2 bridgehead atoms. The molecule has 6 nitrogen and oxygen atoms in total. The third kappa shape index (κ3) is 2.92. The summed E-state index contributed by atoms with van der Waals surface area (Å²) in [4.78, 5) is 36.4. The topological polar surface area (TPSA) is 69.3 Å². The molecular formula is C19H22N4O2. The van der Waals surface area contributed by atoms with Gasteiger partial charge in [0.2, 0.25) is 5.91 Å². The fourth-order valence-electron chi connectivity index (χ4n) is 4.03. The number of piperidine rings is 1. The number of nitrogens with one attached hydrogen (secondary N) is 1. The Morgan fingerprint density at radius 1 is 1.16 bits per heavy atom. The van der Waals surface area contributed by atoms with E-state index in [0.29, 0.717) is 23.9 Å². The normalized spacial score (nSPS) is 22.8. The number of H-pyrrole nitrogens is 1. The van der Waals surface area contributed by atoms with Crippen LogP contribution in [0.4, 0.5) is 0 Å². The first-order chi connectivity index (χ1) is 12.1. The highest BCUT2D eigenvalue weighted by Gasteiger charge is 2.38. The minimum Gasteiger partial charge on any atom is -0.345 e. The lowest BCUT2D eigenvalue weighted by Crippen LogP contribution is -2.47. The van der Waals surface area contributed by atoms with Crippen LogP contribution in [0.25, 0.3) is 11.4 Å². The van der Waals surface area contributed by atoms with E-state index < -0.39 is 0 Å². The van der Waals surface area contributed by atoms with Gasteiger partial charge in [0.25, 0.3) is 5.91 Å². The lowest BCUT2D eigenvalue weighted by molar-refractivity contribution is -0.129. The number of hydrogen-bond donors (Lipinski definition) is 1. The Morgan fingerprint density at radius 3 is 2.76 bits per heavy atom. The van der Waals surface area contributed by atoms with Crippen LogP contribution in [0.3, 0.4) is 0 Å². The van der Waals surface area contributed by atoms with Crippen LogP contribution in [0, 0.1) is 5.92 Å². The van der Waals surface area contributed by atoms with Gasteiger partial charge in [0.15, 0.2) is 0 Å². The van der Waals surface area contributed by atoms with E-state index in [1.807, 2.05) is 34.1 Å². The number of carbonyl (C=O) groups excluding carboxylic acids is 2. The van der Waals surface area contributed by atoms with Crippen LogP contribution < -0.4 is 0 Å². The van der Waals surface area contributed by atoms with Crippen LogP contribution in [-0.2, 0) is 4.79 Å². The molecule has 25 heavy (non-hydrogen) atoms. The summed E-state index contributed by atoms with van der Waals surface area (Å²) in [6.07, 6.45) is 5.49. The van der Waals surface area contributed by atoms with Gasteiger partial charge >= 0.3 is 0 Å². The molecule has 1 N–H and O–H groups in total. The van der Waals surface area contributed by atoms with Gasteiger partial charge in [0.1, 0.15) is 5.82 Å². The summed E-state index contributed by atoms with van der Waals surface area (Å²) in [5.74, 6) is 1.20. The molecule has 3 aliphatic rings. The number of hydrogen-bond acceptors (Lipinski definition) is 3. The summed E-state index contributed by atoms with van der Waals surface area (Å²) in [5.41, 5.74) is 1.49. The zero-order valence-electron chi connectivity index (χ0n) is 14.3. The van der Waals surface area contributed by atoms with E-state index in [1.54, 1.807) is 19.3 Å². The van der Waals surface area contributed by atoms with Crippen molar-refractivity contribution in [3.05, 3.63) is 42.2 Å². The maximum Gasteiger partial charge on any atom is 0.254 e. The number of carbonyl (C=O) groups is 2. The molecular weight excluding hydrogens is 316 g/mol. The number of nitrogens with zero attached hydrogens (tertiary/aromatic N) is 3. The van der Waals surface area contributed by atoms with Gasteiger partial charge in [-0.25, -0.2) is 4.98 Å². The molecule has 130 valence electrons. The fraction of sp³-hybridized carbons (Fsp3) is 0.421. The first-order valence-electron chi connectivity index (χ1n) is 8.78. The summed E-state index contributed by atoms with van der Waals surface area (Å²) in [6, 6.07) is 7.68. The Kier molecular flexibility index (Phi) is 4.03. The van der Waals surface area contributed by atoms with Crippen molar-refractivity contribution in [3.63, 3.8) is 0 Å². The van der Waals surface area contributed by atoms with E-state index in [2.05, 4.69) is 9.97 Å². The molecule has 3 saturated heterocycles. The van der Waals surface area contributed by atoms with E-state index in [4.69, 9.17) is 0 Å². The zero-order chi connectivity index (χ0) is 17.4. The number of aromatic amines is 1. The maximum absolute atomic E-state index is 13.3. The zero-order valence-corrected chi connectivity index (χ0v) is 14.3. The SMILES string of the molecule is CC(=O)N1C[C@@H]2CC[C@H](C1)N(C(=O)c1ccccc1-c1ncc[nH]1)C2. The van der Waals surface area contributed by atoms with Crippen molar-refractivity contribution in [2.75, 3.05) is 19.6 Å². The lowest BCUT2D eigenvalue weighted by Gasteiger charge is -2.36. The Labute approximate surface area is 146 Å². The van der Waals surface area contributed by atoms with Gasteiger partial charge in [-0.1, -0.05) is 18.2 Å². The monoisotopic (exact) mass is 338 g/mol. The van der Waals surface area contributed by atoms with E-state index in [1.165, 1.54) is 0 Å². The Bertz CT molecular complexity index is 786. The number of benzene rings is 1. The van der Waals surface area contributed by atoms with Crippen LogP contribution in [0.2, 0.25) is 0 Å². The molecule has 0 radical (unpaired) electrons. The van der Waals surface area contributed by atoms with Crippen molar-refractivity contribution in [2.24, 2.45) is 5.92 Å². The number of aromatic nitrogens is 2. The third-order valence-corrected chi connectivity index (χ3v) is 5.33. The highest BCUT2D eigenvalue weighted by molar-refractivity contribution is 6.00. The molecule has 0 saturated carbocycles. The molecule has 2 atom stereocenters. The largest absolute Gasteiger partial charge is 0.345 e. The predicted molar refractivity (Wildman–Crippen MR) is 93.8 cm³/mol. The fourth-order valence-corrected chi connectivity index (χ4v) is 4.03. The van der Waals surface area contributed by atoms with Gasteiger partial charge in [-0.2, -0.15) is 0 Å². The summed E-state index contributed by atoms with van der Waals surface area (Å²) >= 11 is 0.